The summed E-state index contributed by atoms with van der Waals surface area (Å²) >= 11 is 0. The molecule has 0 aromatic carbocycles. The summed E-state index contributed by atoms with van der Waals surface area (Å²) in [7, 11) is 4.30. The molecule has 2 saturated heterocycles. The van der Waals surface area contributed by atoms with Crippen LogP contribution in [0.2, 0.25) is 0 Å². The lowest BCUT2D eigenvalue weighted by atomic mass is 9.95. The molecule has 0 spiro atoms. The first-order valence-corrected chi connectivity index (χ1v) is 9.84. The number of anilines is 2. The van der Waals surface area contributed by atoms with Gasteiger partial charge in [-0.05, 0) is 44.3 Å². The second-order valence-electron chi connectivity index (χ2n) is 7.77. The summed E-state index contributed by atoms with van der Waals surface area (Å²) in [6.45, 7) is 11.6. The first-order valence-electron chi connectivity index (χ1n) is 9.84. The van der Waals surface area contributed by atoms with Crippen molar-refractivity contribution in [2.24, 2.45) is 0 Å². The lowest BCUT2D eigenvalue weighted by molar-refractivity contribution is 0.315. The average molecular weight is 377 g/mol. The van der Waals surface area contributed by atoms with Gasteiger partial charge in [0.15, 0.2) is 5.82 Å². The molecule has 0 saturated carbocycles. The lowest BCUT2D eigenvalue weighted by Gasteiger charge is -2.41. The molecule has 6 nitrogen and oxygen atoms in total. The molecule has 4 heterocycles. The fourth-order valence-electron chi connectivity index (χ4n) is 4.05. The first-order chi connectivity index (χ1) is 13.6. The van der Waals surface area contributed by atoms with Gasteiger partial charge in [-0.2, -0.15) is 0 Å². The van der Waals surface area contributed by atoms with Crippen molar-refractivity contribution in [3.63, 3.8) is 0 Å². The Labute approximate surface area is 167 Å². The van der Waals surface area contributed by atoms with Crippen molar-refractivity contribution in [1.29, 1.82) is 0 Å². The standard InChI is InChI=1S/C22H28N6/c1-5-16-7-8-20(25-19(16)6-2)28-13-17(14-28)21-22(24-11-10-23-21)27-12-9-18(15-27)26(3)4/h5-8,10-11,17-18H,1-2,9,12-15H2,3-4H3. The minimum Gasteiger partial charge on any atom is -0.355 e. The molecule has 2 aromatic heterocycles. The Hall–Kier alpha value is -2.73. The molecule has 2 fully saturated rings. The zero-order valence-electron chi connectivity index (χ0n) is 16.8. The van der Waals surface area contributed by atoms with Gasteiger partial charge >= 0.3 is 0 Å². The third-order valence-corrected chi connectivity index (χ3v) is 5.85. The van der Waals surface area contributed by atoms with Crippen LogP contribution in [0.15, 0.2) is 37.7 Å². The van der Waals surface area contributed by atoms with Crippen molar-refractivity contribution < 1.29 is 0 Å². The van der Waals surface area contributed by atoms with Crippen LogP contribution in [-0.2, 0) is 0 Å². The number of likely N-dealkylation sites (N-methyl/N-ethyl adjacent to an activating group) is 1. The number of rotatable bonds is 6. The summed E-state index contributed by atoms with van der Waals surface area (Å²) in [5, 5.41) is 0. The Bertz CT molecular complexity index is 871. The summed E-state index contributed by atoms with van der Waals surface area (Å²) in [4.78, 5) is 21.1. The quantitative estimate of drug-likeness (QED) is 0.773. The molecule has 1 atom stereocenters. The van der Waals surface area contributed by atoms with Gasteiger partial charge in [-0.15, -0.1) is 0 Å². The van der Waals surface area contributed by atoms with E-state index in [2.05, 4.69) is 54.1 Å². The lowest BCUT2D eigenvalue weighted by Crippen LogP contribution is -2.46. The Morgan fingerprint density at radius 3 is 2.50 bits per heavy atom. The summed E-state index contributed by atoms with van der Waals surface area (Å²) in [5.41, 5.74) is 3.00. The normalized spacial score (nSPS) is 19.8. The van der Waals surface area contributed by atoms with E-state index in [0.717, 1.165) is 54.8 Å². The maximum absolute atomic E-state index is 4.73. The first kappa shape index (κ1) is 18.6. The van der Waals surface area contributed by atoms with Crippen LogP contribution >= 0.6 is 0 Å². The Morgan fingerprint density at radius 2 is 1.82 bits per heavy atom. The molecule has 2 aliphatic heterocycles. The fourth-order valence-corrected chi connectivity index (χ4v) is 4.05. The van der Waals surface area contributed by atoms with Crippen LogP contribution < -0.4 is 9.80 Å². The molecule has 6 heteroatoms. The molecule has 2 aliphatic rings. The van der Waals surface area contributed by atoms with E-state index in [4.69, 9.17) is 15.0 Å². The number of nitrogens with zero attached hydrogens (tertiary/aromatic N) is 6. The van der Waals surface area contributed by atoms with Crippen LogP contribution in [0.25, 0.3) is 12.2 Å². The van der Waals surface area contributed by atoms with Gasteiger partial charge in [-0.3, -0.25) is 4.98 Å². The third kappa shape index (κ3) is 3.40. The van der Waals surface area contributed by atoms with E-state index >= 15 is 0 Å². The minimum absolute atomic E-state index is 0.384. The number of hydrogen-bond donors (Lipinski definition) is 0. The average Bonchev–Trinajstić information content (AvgIpc) is 3.17. The van der Waals surface area contributed by atoms with Crippen molar-refractivity contribution in [1.82, 2.24) is 19.9 Å². The maximum Gasteiger partial charge on any atom is 0.150 e. The van der Waals surface area contributed by atoms with E-state index in [9.17, 15) is 0 Å². The summed E-state index contributed by atoms with van der Waals surface area (Å²) in [5.74, 6) is 2.42. The molecule has 0 radical (unpaired) electrons. The Kier molecular flexibility index (Phi) is 5.13. The van der Waals surface area contributed by atoms with Gasteiger partial charge in [0.05, 0.1) is 11.4 Å². The van der Waals surface area contributed by atoms with E-state index < -0.39 is 0 Å². The minimum atomic E-state index is 0.384. The largest absolute Gasteiger partial charge is 0.355 e. The van der Waals surface area contributed by atoms with E-state index in [-0.39, 0.29) is 0 Å². The van der Waals surface area contributed by atoms with Crippen LogP contribution in [0, 0.1) is 0 Å². The fraction of sp³-hybridized carbons (Fsp3) is 0.409. The predicted molar refractivity (Wildman–Crippen MR) is 116 cm³/mol. The van der Waals surface area contributed by atoms with Gasteiger partial charge < -0.3 is 14.7 Å². The molecule has 4 rings (SSSR count). The predicted octanol–water partition coefficient (Wildman–Crippen LogP) is 2.90. The van der Waals surface area contributed by atoms with E-state index in [1.165, 1.54) is 6.42 Å². The van der Waals surface area contributed by atoms with Crippen molar-refractivity contribution in [2.45, 2.75) is 18.4 Å². The maximum atomic E-state index is 4.73. The molecule has 0 N–H and O–H groups in total. The highest BCUT2D eigenvalue weighted by atomic mass is 15.3. The third-order valence-electron chi connectivity index (χ3n) is 5.85. The summed E-state index contributed by atoms with van der Waals surface area (Å²) in [6, 6.07) is 4.69. The van der Waals surface area contributed by atoms with Crippen molar-refractivity contribution in [3.05, 3.63) is 54.6 Å². The topological polar surface area (TPSA) is 48.4 Å². The van der Waals surface area contributed by atoms with Crippen molar-refractivity contribution in [2.75, 3.05) is 50.1 Å². The molecule has 2 aromatic rings. The van der Waals surface area contributed by atoms with Gasteiger partial charge in [0.2, 0.25) is 0 Å². The molecule has 0 amide bonds. The highest BCUT2D eigenvalue weighted by Crippen LogP contribution is 2.35. The SMILES string of the molecule is C=Cc1ccc(N2CC(c3nccnc3N3CCC(N(C)C)C3)C2)nc1C=C. The summed E-state index contributed by atoms with van der Waals surface area (Å²) in [6.07, 6.45) is 8.39. The molecular formula is C22H28N6. The van der Waals surface area contributed by atoms with Crippen molar-refractivity contribution >= 4 is 23.8 Å². The number of pyridine rings is 1. The van der Waals surface area contributed by atoms with Crippen LogP contribution in [-0.4, -0.2) is 66.2 Å². The van der Waals surface area contributed by atoms with E-state index in [1.54, 1.807) is 6.08 Å². The molecule has 1 unspecified atom stereocenters. The van der Waals surface area contributed by atoms with Crippen LogP contribution in [0.5, 0.6) is 0 Å². The molecular weight excluding hydrogens is 348 g/mol. The van der Waals surface area contributed by atoms with Crippen LogP contribution in [0.3, 0.4) is 0 Å². The second kappa shape index (κ2) is 7.72. The molecule has 0 aliphatic carbocycles. The molecule has 146 valence electrons. The Balaban J connectivity index is 1.48. The molecule has 0 bridgehead atoms. The Morgan fingerprint density at radius 1 is 1.04 bits per heavy atom. The highest BCUT2D eigenvalue weighted by Gasteiger charge is 2.35. The van der Waals surface area contributed by atoms with Crippen LogP contribution in [0.1, 0.15) is 29.3 Å². The van der Waals surface area contributed by atoms with Crippen LogP contribution in [0.4, 0.5) is 11.6 Å². The zero-order valence-corrected chi connectivity index (χ0v) is 16.8. The second-order valence-corrected chi connectivity index (χ2v) is 7.77. The summed E-state index contributed by atoms with van der Waals surface area (Å²) < 4.78 is 0. The van der Waals surface area contributed by atoms with E-state index in [1.807, 2.05) is 18.5 Å². The van der Waals surface area contributed by atoms with Gasteiger partial charge in [0.1, 0.15) is 5.82 Å². The molecule has 28 heavy (non-hydrogen) atoms. The van der Waals surface area contributed by atoms with Gasteiger partial charge in [-0.1, -0.05) is 19.2 Å². The number of aromatic nitrogens is 3. The highest BCUT2D eigenvalue weighted by molar-refractivity contribution is 5.63. The monoisotopic (exact) mass is 376 g/mol. The van der Waals surface area contributed by atoms with Gasteiger partial charge in [-0.25, -0.2) is 9.97 Å². The van der Waals surface area contributed by atoms with Gasteiger partial charge in [0, 0.05) is 50.5 Å². The van der Waals surface area contributed by atoms with Gasteiger partial charge in [0.25, 0.3) is 0 Å². The zero-order chi connectivity index (χ0) is 19.7. The number of hydrogen-bond acceptors (Lipinski definition) is 6. The van der Waals surface area contributed by atoms with Crippen molar-refractivity contribution in [3.8, 4) is 0 Å². The smallest absolute Gasteiger partial charge is 0.150 e. The van der Waals surface area contributed by atoms with E-state index in [0.29, 0.717) is 12.0 Å².